The maximum absolute atomic E-state index is 12.5. The third kappa shape index (κ3) is 5.46. The van der Waals surface area contributed by atoms with E-state index >= 15 is 0 Å². The highest BCUT2D eigenvalue weighted by molar-refractivity contribution is 6.01. The first kappa shape index (κ1) is 22.4. The number of nitrogens with zero attached hydrogens (tertiary/aromatic N) is 1. The van der Waals surface area contributed by atoms with Crippen molar-refractivity contribution in [1.29, 1.82) is 5.26 Å². The van der Waals surface area contributed by atoms with E-state index in [-0.39, 0.29) is 12.2 Å². The molecule has 0 radical (unpaired) electrons. The van der Waals surface area contributed by atoms with Crippen molar-refractivity contribution in [1.82, 2.24) is 10.3 Å². The van der Waals surface area contributed by atoms with Gasteiger partial charge in [0.1, 0.15) is 11.6 Å². The molecule has 0 fully saturated rings. The summed E-state index contributed by atoms with van der Waals surface area (Å²) in [5.41, 5.74) is 2.68. The van der Waals surface area contributed by atoms with Crippen LogP contribution in [0, 0.1) is 11.3 Å². The number of hydrogen-bond donors (Lipinski definition) is 2. The Kier molecular flexibility index (Phi) is 7.49. The number of aromatic nitrogens is 1. The molecule has 0 saturated heterocycles. The molecule has 8 heteroatoms. The number of methoxy groups -OCH3 is 2. The number of H-pyrrole nitrogens is 1. The molecule has 164 valence electrons. The Hall–Kier alpha value is -4.25. The van der Waals surface area contributed by atoms with Gasteiger partial charge in [0, 0.05) is 23.6 Å². The van der Waals surface area contributed by atoms with Crippen LogP contribution in [0.15, 0.2) is 54.2 Å². The number of amides is 1. The molecular formula is C24H23N3O5. The molecule has 3 rings (SSSR count). The number of esters is 1. The van der Waals surface area contributed by atoms with Gasteiger partial charge in [-0.25, -0.2) is 4.79 Å². The van der Waals surface area contributed by atoms with Crippen molar-refractivity contribution < 1.29 is 23.8 Å². The SMILES string of the molecule is COC(=O)COc1ccc(C=C(C#N)C(=O)NCCc2c[nH]c3ccccc23)cc1OC. The lowest BCUT2D eigenvalue weighted by molar-refractivity contribution is -0.142. The number of para-hydroxylation sites is 1. The number of rotatable bonds is 9. The normalized spacial score (nSPS) is 11.0. The Bertz CT molecular complexity index is 1190. The van der Waals surface area contributed by atoms with Crippen LogP contribution in [0.5, 0.6) is 11.5 Å². The Morgan fingerprint density at radius 2 is 1.97 bits per heavy atom. The minimum Gasteiger partial charge on any atom is -0.493 e. The van der Waals surface area contributed by atoms with Gasteiger partial charge in [0.15, 0.2) is 18.1 Å². The molecule has 1 heterocycles. The van der Waals surface area contributed by atoms with E-state index in [0.29, 0.717) is 30.0 Å². The first-order valence-corrected chi connectivity index (χ1v) is 9.88. The van der Waals surface area contributed by atoms with Gasteiger partial charge in [0.25, 0.3) is 5.91 Å². The molecule has 2 N–H and O–H groups in total. The molecule has 0 unspecified atom stereocenters. The smallest absolute Gasteiger partial charge is 0.343 e. The number of nitrogens with one attached hydrogen (secondary N) is 2. The fraction of sp³-hybridized carbons (Fsp3) is 0.208. The van der Waals surface area contributed by atoms with E-state index in [9.17, 15) is 14.9 Å². The second-order valence-electron chi connectivity index (χ2n) is 6.81. The van der Waals surface area contributed by atoms with Crippen LogP contribution in [0.25, 0.3) is 17.0 Å². The van der Waals surface area contributed by atoms with E-state index in [2.05, 4.69) is 15.0 Å². The highest BCUT2D eigenvalue weighted by Crippen LogP contribution is 2.29. The molecule has 32 heavy (non-hydrogen) atoms. The summed E-state index contributed by atoms with van der Waals surface area (Å²) < 4.78 is 15.2. The fourth-order valence-electron chi connectivity index (χ4n) is 3.15. The Balaban J connectivity index is 1.64. The quantitative estimate of drug-likeness (QED) is 0.305. The van der Waals surface area contributed by atoms with Crippen LogP contribution in [0.3, 0.4) is 0 Å². The van der Waals surface area contributed by atoms with Crippen molar-refractivity contribution in [3.8, 4) is 17.6 Å². The Morgan fingerprint density at radius 3 is 2.72 bits per heavy atom. The van der Waals surface area contributed by atoms with Crippen LogP contribution < -0.4 is 14.8 Å². The second-order valence-corrected chi connectivity index (χ2v) is 6.81. The van der Waals surface area contributed by atoms with Gasteiger partial charge in [0.2, 0.25) is 0 Å². The van der Waals surface area contributed by atoms with Gasteiger partial charge in [-0.2, -0.15) is 5.26 Å². The number of carbonyl (C=O) groups is 2. The molecular weight excluding hydrogens is 410 g/mol. The largest absolute Gasteiger partial charge is 0.493 e. The minimum absolute atomic E-state index is 0.0331. The average molecular weight is 433 g/mol. The van der Waals surface area contributed by atoms with E-state index in [1.807, 2.05) is 36.5 Å². The summed E-state index contributed by atoms with van der Waals surface area (Å²) in [6.45, 7) is 0.133. The number of benzene rings is 2. The molecule has 0 aliphatic carbocycles. The van der Waals surface area contributed by atoms with Crippen LogP contribution >= 0.6 is 0 Å². The lowest BCUT2D eigenvalue weighted by Gasteiger charge is -2.10. The summed E-state index contributed by atoms with van der Waals surface area (Å²) in [4.78, 5) is 26.9. The van der Waals surface area contributed by atoms with Gasteiger partial charge in [-0.1, -0.05) is 24.3 Å². The van der Waals surface area contributed by atoms with E-state index < -0.39 is 11.9 Å². The van der Waals surface area contributed by atoms with Gasteiger partial charge in [-0.3, -0.25) is 4.79 Å². The van der Waals surface area contributed by atoms with Crippen molar-refractivity contribution in [3.05, 3.63) is 65.4 Å². The van der Waals surface area contributed by atoms with E-state index in [1.54, 1.807) is 18.2 Å². The molecule has 0 saturated carbocycles. The molecule has 0 aliphatic heterocycles. The van der Waals surface area contributed by atoms with Gasteiger partial charge < -0.3 is 24.5 Å². The maximum Gasteiger partial charge on any atom is 0.343 e. The number of ether oxygens (including phenoxy) is 3. The Morgan fingerprint density at radius 1 is 1.16 bits per heavy atom. The molecule has 1 aromatic heterocycles. The molecule has 0 spiro atoms. The van der Waals surface area contributed by atoms with Gasteiger partial charge >= 0.3 is 5.97 Å². The Labute approximate surface area is 185 Å². The van der Waals surface area contributed by atoms with E-state index in [4.69, 9.17) is 9.47 Å². The number of carbonyl (C=O) groups excluding carboxylic acids is 2. The standard InChI is InChI=1S/C24H23N3O5/c1-30-22-12-16(7-8-21(22)32-15-23(28)31-2)11-18(13-25)24(29)26-10-9-17-14-27-20-6-4-3-5-19(17)20/h3-8,11-12,14,27H,9-10,15H2,1-2H3,(H,26,29). The summed E-state index contributed by atoms with van der Waals surface area (Å²) in [6, 6.07) is 14.7. The summed E-state index contributed by atoms with van der Waals surface area (Å²) in [7, 11) is 2.72. The lowest BCUT2D eigenvalue weighted by atomic mass is 10.1. The van der Waals surface area contributed by atoms with Crippen LogP contribution in [-0.2, 0) is 20.7 Å². The molecule has 3 aromatic rings. The van der Waals surface area contributed by atoms with Gasteiger partial charge in [-0.15, -0.1) is 0 Å². The highest BCUT2D eigenvalue weighted by atomic mass is 16.6. The predicted octanol–water partition coefficient (Wildman–Crippen LogP) is 2.99. The highest BCUT2D eigenvalue weighted by Gasteiger charge is 2.12. The minimum atomic E-state index is -0.521. The first-order chi connectivity index (χ1) is 15.5. The number of nitriles is 1. The lowest BCUT2D eigenvalue weighted by Crippen LogP contribution is -2.26. The van der Waals surface area contributed by atoms with E-state index in [0.717, 1.165) is 16.5 Å². The van der Waals surface area contributed by atoms with Crippen molar-refractivity contribution in [2.75, 3.05) is 27.4 Å². The van der Waals surface area contributed by atoms with Crippen molar-refractivity contribution in [3.63, 3.8) is 0 Å². The maximum atomic E-state index is 12.5. The number of hydrogen-bond acceptors (Lipinski definition) is 6. The van der Waals surface area contributed by atoms with Crippen LogP contribution in [-0.4, -0.2) is 44.2 Å². The molecule has 8 nitrogen and oxygen atoms in total. The van der Waals surface area contributed by atoms with Crippen molar-refractivity contribution in [2.24, 2.45) is 0 Å². The topological polar surface area (TPSA) is 113 Å². The van der Waals surface area contributed by atoms with Crippen LogP contribution in [0.2, 0.25) is 0 Å². The summed E-state index contributed by atoms with van der Waals surface area (Å²) in [6.07, 6.45) is 4.02. The fourth-order valence-corrected chi connectivity index (χ4v) is 3.15. The summed E-state index contributed by atoms with van der Waals surface area (Å²) in [5.74, 6) is -0.277. The summed E-state index contributed by atoms with van der Waals surface area (Å²) in [5, 5.41) is 13.3. The second kappa shape index (κ2) is 10.7. The zero-order valence-corrected chi connectivity index (χ0v) is 17.8. The van der Waals surface area contributed by atoms with E-state index in [1.165, 1.54) is 20.3 Å². The van der Waals surface area contributed by atoms with Crippen molar-refractivity contribution in [2.45, 2.75) is 6.42 Å². The molecule has 1 amide bonds. The predicted molar refractivity (Wildman–Crippen MR) is 119 cm³/mol. The zero-order valence-electron chi connectivity index (χ0n) is 17.8. The average Bonchev–Trinajstić information content (AvgIpc) is 3.24. The molecule has 0 atom stereocenters. The monoisotopic (exact) mass is 433 g/mol. The summed E-state index contributed by atoms with van der Waals surface area (Å²) >= 11 is 0. The third-order valence-corrected chi connectivity index (χ3v) is 4.79. The van der Waals surface area contributed by atoms with Gasteiger partial charge in [-0.05, 0) is 41.8 Å². The first-order valence-electron chi connectivity index (χ1n) is 9.88. The molecule has 2 aromatic carbocycles. The number of fused-ring (bicyclic) bond motifs is 1. The van der Waals surface area contributed by atoms with Crippen molar-refractivity contribution >= 4 is 28.9 Å². The molecule has 0 aliphatic rings. The third-order valence-electron chi connectivity index (χ3n) is 4.79. The number of aromatic amines is 1. The molecule has 0 bridgehead atoms. The zero-order chi connectivity index (χ0) is 22.9. The van der Waals surface area contributed by atoms with Crippen LogP contribution in [0.4, 0.5) is 0 Å². The van der Waals surface area contributed by atoms with Gasteiger partial charge in [0.05, 0.1) is 14.2 Å². The van der Waals surface area contributed by atoms with Crippen LogP contribution in [0.1, 0.15) is 11.1 Å².